The first kappa shape index (κ1) is 17.4. The summed E-state index contributed by atoms with van der Waals surface area (Å²) < 4.78 is 5.51. The number of hydrogen-bond donors (Lipinski definition) is 1. The predicted octanol–water partition coefficient (Wildman–Crippen LogP) is 2.42. The van der Waals surface area contributed by atoms with Crippen LogP contribution in [0, 0.1) is 0 Å². The van der Waals surface area contributed by atoms with E-state index in [0.717, 1.165) is 5.56 Å². The highest BCUT2D eigenvalue weighted by molar-refractivity contribution is 5.94. The summed E-state index contributed by atoms with van der Waals surface area (Å²) in [6.07, 6.45) is 0. The monoisotopic (exact) mass is 350 g/mol. The van der Waals surface area contributed by atoms with Crippen LogP contribution in [0.3, 0.4) is 0 Å². The summed E-state index contributed by atoms with van der Waals surface area (Å²) in [5, 5.41) is 3.15. The highest BCUT2D eigenvalue weighted by atomic mass is 16.3. The van der Waals surface area contributed by atoms with Gasteiger partial charge in [0.25, 0.3) is 11.8 Å². The van der Waals surface area contributed by atoms with Gasteiger partial charge in [-0.25, -0.2) is 0 Å². The van der Waals surface area contributed by atoms with Gasteiger partial charge in [-0.1, -0.05) is 24.3 Å². The van der Waals surface area contributed by atoms with E-state index in [-0.39, 0.29) is 23.6 Å². The van der Waals surface area contributed by atoms with Crippen LogP contribution < -0.4 is 10.7 Å². The zero-order valence-corrected chi connectivity index (χ0v) is 14.5. The molecule has 0 aliphatic carbocycles. The highest BCUT2D eigenvalue weighted by Gasteiger charge is 2.12. The Labute approximate surface area is 150 Å². The van der Waals surface area contributed by atoms with E-state index in [2.05, 4.69) is 5.32 Å². The fourth-order valence-corrected chi connectivity index (χ4v) is 2.51. The lowest BCUT2D eigenvalue weighted by Gasteiger charge is -2.10. The lowest BCUT2D eigenvalue weighted by molar-refractivity contribution is 0.0827. The lowest BCUT2D eigenvalue weighted by atomic mass is 10.1. The summed E-state index contributed by atoms with van der Waals surface area (Å²) >= 11 is 0. The molecule has 0 unspecified atom stereocenters. The van der Waals surface area contributed by atoms with E-state index in [9.17, 15) is 14.4 Å². The number of nitrogens with zero attached hydrogens (tertiary/aromatic N) is 1. The lowest BCUT2D eigenvalue weighted by Crippen LogP contribution is -2.24. The van der Waals surface area contributed by atoms with Crippen LogP contribution in [0.15, 0.2) is 63.8 Å². The standard InChI is InChI=1S/C20H18N2O4/c1-22(2)20(25)14-9-7-13(8-10-14)12-21-19(24)18-11-16(23)15-5-3-4-6-17(15)26-18/h3-11H,12H2,1-2H3,(H,21,24). The van der Waals surface area contributed by atoms with Crippen molar-refractivity contribution in [3.63, 3.8) is 0 Å². The molecular weight excluding hydrogens is 332 g/mol. The van der Waals surface area contributed by atoms with Crippen molar-refractivity contribution in [3.05, 3.63) is 81.7 Å². The molecular formula is C20H18N2O4. The Kier molecular flexibility index (Phi) is 4.84. The van der Waals surface area contributed by atoms with E-state index in [0.29, 0.717) is 16.5 Å². The highest BCUT2D eigenvalue weighted by Crippen LogP contribution is 2.12. The maximum absolute atomic E-state index is 12.3. The van der Waals surface area contributed by atoms with Gasteiger partial charge in [0.1, 0.15) is 5.58 Å². The number of rotatable bonds is 4. The Morgan fingerprint density at radius 3 is 2.42 bits per heavy atom. The summed E-state index contributed by atoms with van der Waals surface area (Å²) in [6, 6.07) is 14.9. The molecule has 0 aliphatic heterocycles. The van der Waals surface area contributed by atoms with Crippen molar-refractivity contribution in [2.45, 2.75) is 6.54 Å². The van der Waals surface area contributed by atoms with Gasteiger partial charge >= 0.3 is 0 Å². The second kappa shape index (κ2) is 7.23. The molecule has 0 saturated carbocycles. The Bertz CT molecular complexity index is 1020. The molecule has 0 bridgehead atoms. The van der Waals surface area contributed by atoms with Gasteiger partial charge in [-0.3, -0.25) is 14.4 Å². The van der Waals surface area contributed by atoms with E-state index in [1.807, 2.05) is 0 Å². The van der Waals surface area contributed by atoms with E-state index in [4.69, 9.17) is 4.42 Å². The van der Waals surface area contributed by atoms with Crippen molar-refractivity contribution in [2.24, 2.45) is 0 Å². The molecule has 2 aromatic carbocycles. The first-order valence-corrected chi connectivity index (χ1v) is 8.07. The van der Waals surface area contributed by atoms with Gasteiger partial charge in [-0.15, -0.1) is 0 Å². The number of benzene rings is 2. The van der Waals surface area contributed by atoms with Gasteiger partial charge in [-0.05, 0) is 29.8 Å². The molecule has 26 heavy (non-hydrogen) atoms. The van der Waals surface area contributed by atoms with Crippen LogP contribution in [-0.2, 0) is 6.54 Å². The van der Waals surface area contributed by atoms with Gasteiger partial charge in [0.05, 0.1) is 5.39 Å². The van der Waals surface area contributed by atoms with Crippen molar-refractivity contribution in [2.75, 3.05) is 14.1 Å². The fourth-order valence-electron chi connectivity index (χ4n) is 2.51. The molecule has 1 aromatic heterocycles. The van der Waals surface area contributed by atoms with E-state index in [1.54, 1.807) is 62.6 Å². The maximum Gasteiger partial charge on any atom is 0.287 e. The van der Waals surface area contributed by atoms with Gasteiger partial charge in [-0.2, -0.15) is 0 Å². The van der Waals surface area contributed by atoms with Crippen LogP contribution in [-0.4, -0.2) is 30.8 Å². The van der Waals surface area contributed by atoms with Crippen molar-refractivity contribution in [1.82, 2.24) is 10.2 Å². The normalized spacial score (nSPS) is 10.5. The largest absolute Gasteiger partial charge is 0.451 e. The van der Waals surface area contributed by atoms with Crippen LogP contribution in [0.4, 0.5) is 0 Å². The molecule has 3 aromatic rings. The van der Waals surface area contributed by atoms with E-state index >= 15 is 0 Å². The molecule has 1 N–H and O–H groups in total. The number of amides is 2. The van der Waals surface area contributed by atoms with Crippen LogP contribution >= 0.6 is 0 Å². The quantitative estimate of drug-likeness (QED) is 0.784. The average molecular weight is 350 g/mol. The van der Waals surface area contributed by atoms with Crippen LogP contribution in [0.5, 0.6) is 0 Å². The summed E-state index contributed by atoms with van der Waals surface area (Å²) in [6.45, 7) is 0.256. The summed E-state index contributed by atoms with van der Waals surface area (Å²) in [5.41, 5.74) is 1.52. The SMILES string of the molecule is CN(C)C(=O)c1ccc(CNC(=O)c2cc(=O)c3ccccc3o2)cc1. The van der Waals surface area contributed by atoms with Gasteiger partial charge in [0.2, 0.25) is 0 Å². The first-order chi connectivity index (χ1) is 12.5. The fraction of sp³-hybridized carbons (Fsp3) is 0.150. The minimum atomic E-state index is -0.471. The van der Waals surface area contributed by atoms with Crippen molar-refractivity contribution in [3.8, 4) is 0 Å². The van der Waals surface area contributed by atoms with Crippen molar-refractivity contribution >= 4 is 22.8 Å². The number of fused-ring (bicyclic) bond motifs is 1. The second-order valence-corrected chi connectivity index (χ2v) is 6.05. The Morgan fingerprint density at radius 1 is 1.04 bits per heavy atom. The van der Waals surface area contributed by atoms with Crippen LogP contribution in [0.1, 0.15) is 26.5 Å². The molecule has 0 spiro atoms. The maximum atomic E-state index is 12.3. The molecule has 0 atom stereocenters. The molecule has 0 fully saturated rings. The summed E-state index contributed by atoms with van der Waals surface area (Å²) in [4.78, 5) is 37.7. The van der Waals surface area contributed by atoms with Gasteiger partial charge in [0, 0.05) is 32.3 Å². The summed E-state index contributed by atoms with van der Waals surface area (Å²) in [7, 11) is 3.38. The Hall–Kier alpha value is -3.41. The zero-order valence-electron chi connectivity index (χ0n) is 14.5. The molecule has 2 amide bonds. The molecule has 0 radical (unpaired) electrons. The minimum Gasteiger partial charge on any atom is -0.451 e. The number of carbonyl (C=O) groups excluding carboxylic acids is 2. The van der Waals surface area contributed by atoms with Gasteiger partial charge < -0.3 is 14.6 Å². The van der Waals surface area contributed by atoms with Gasteiger partial charge in [0.15, 0.2) is 11.2 Å². The number of para-hydroxylation sites is 1. The molecule has 0 aliphatic rings. The molecule has 6 nitrogen and oxygen atoms in total. The molecule has 6 heteroatoms. The number of nitrogens with one attached hydrogen (secondary N) is 1. The molecule has 132 valence electrons. The third kappa shape index (κ3) is 3.64. The van der Waals surface area contributed by atoms with Crippen molar-refractivity contribution < 1.29 is 14.0 Å². The van der Waals surface area contributed by atoms with E-state index in [1.165, 1.54) is 11.0 Å². The molecule has 3 rings (SSSR count). The Balaban J connectivity index is 1.71. The molecule has 1 heterocycles. The smallest absolute Gasteiger partial charge is 0.287 e. The number of hydrogen-bond acceptors (Lipinski definition) is 4. The third-order valence-electron chi connectivity index (χ3n) is 3.92. The minimum absolute atomic E-state index is 0.0342. The van der Waals surface area contributed by atoms with Crippen molar-refractivity contribution in [1.29, 1.82) is 0 Å². The second-order valence-electron chi connectivity index (χ2n) is 6.05. The summed E-state index contributed by atoms with van der Waals surface area (Å²) in [5.74, 6) is -0.590. The van der Waals surface area contributed by atoms with E-state index < -0.39 is 5.91 Å². The first-order valence-electron chi connectivity index (χ1n) is 8.07. The van der Waals surface area contributed by atoms with Crippen LogP contribution in [0.25, 0.3) is 11.0 Å². The zero-order chi connectivity index (χ0) is 18.7. The average Bonchev–Trinajstić information content (AvgIpc) is 2.65. The topological polar surface area (TPSA) is 79.6 Å². The number of carbonyl (C=O) groups is 2. The Morgan fingerprint density at radius 2 is 1.73 bits per heavy atom. The third-order valence-corrected chi connectivity index (χ3v) is 3.92. The predicted molar refractivity (Wildman–Crippen MR) is 98.1 cm³/mol. The van der Waals surface area contributed by atoms with Crippen LogP contribution in [0.2, 0.25) is 0 Å². The molecule has 0 saturated heterocycles.